The van der Waals surface area contributed by atoms with Crippen molar-refractivity contribution in [3.63, 3.8) is 0 Å². The third-order valence-corrected chi connectivity index (χ3v) is 3.24. The molecule has 6 heteroatoms. The molecule has 0 aromatic heterocycles. The summed E-state index contributed by atoms with van der Waals surface area (Å²) in [6.45, 7) is 9.76. The van der Waals surface area contributed by atoms with Crippen LogP contribution in [0.3, 0.4) is 0 Å². The number of hydrogen-bond donors (Lipinski definition) is 2. The quantitative estimate of drug-likeness (QED) is 0.278. The molecule has 0 aliphatic carbocycles. The lowest BCUT2D eigenvalue weighted by Crippen LogP contribution is -2.42. The van der Waals surface area contributed by atoms with E-state index >= 15 is 0 Å². The van der Waals surface area contributed by atoms with Crippen LogP contribution in [-0.4, -0.2) is 57.2 Å². The molecule has 5 nitrogen and oxygen atoms in total. The van der Waals surface area contributed by atoms with Crippen molar-refractivity contribution in [2.24, 2.45) is 4.99 Å². The Bertz CT molecular complexity index is 396. The number of para-hydroxylation sites is 1. The summed E-state index contributed by atoms with van der Waals surface area (Å²) in [5, 5.41) is 6.55. The molecular weight excluding hydrogens is 391 g/mol. The Morgan fingerprint density at radius 3 is 2.32 bits per heavy atom. The zero-order valence-electron chi connectivity index (χ0n) is 13.8. The minimum absolute atomic E-state index is 0. The lowest BCUT2D eigenvalue weighted by atomic mass is 10.3. The van der Waals surface area contributed by atoms with Crippen molar-refractivity contribution in [2.75, 3.05) is 46.4 Å². The van der Waals surface area contributed by atoms with Crippen LogP contribution in [0.5, 0.6) is 5.75 Å². The van der Waals surface area contributed by atoms with E-state index in [1.54, 1.807) is 7.05 Å². The SMILES string of the molecule is CCN(CC)CCNC(=NC)NCCOc1ccccc1.I. The Kier molecular flexibility index (Phi) is 13.0. The van der Waals surface area contributed by atoms with Crippen molar-refractivity contribution in [3.05, 3.63) is 30.3 Å². The van der Waals surface area contributed by atoms with Gasteiger partial charge in [-0.25, -0.2) is 0 Å². The number of hydrogen-bond acceptors (Lipinski definition) is 3. The fraction of sp³-hybridized carbons (Fsp3) is 0.562. The second kappa shape index (κ2) is 13.6. The van der Waals surface area contributed by atoms with Crippen molar-refractivity contribution < 1.29 is 4.74 Å². The van der Waals surface area contributed by atoms with Gasteiger partial charge in [-0.1, -0.05) is 32.0 Å². The summed E-state index contributed by atoms with van der Waals surface area (Å²) in [6.07, 6.45) is 0. The standard InChI is InChI=1S/C16H28N4O.HI/c1-4-20(5-2)13-11-18-16(17-3)19-12-14-21-15-9-7-6-8-10-15;/h6-10H,4-5,11-14H2,1-3H3,(H2,17,18,19);1H. The summed E-state index contributed by atoms with van der Waals surface area (Å²) >= 11 is 0. The number of rotatable bonds is 9. The van der Waals surface area contributed by atoms with E-state index in [-0.39, 0.29) is 24.0 Å². The number of nitrogens with zero attached hydrogens (tertiary/aromatic N) is 2. The number of aliphatic imine (C=N–C) groups is 1. The van der Waals surface area contributed by atoms with E-state index < -0.39 is 0 Å². The van der Waals surface area contributed by atoms with Gasteiger partial charge in [-0.3, -0.25) is 4.99 Å². The van der Waals surface area contributed by atoms with Gasteiger partial charge >= 0.3 is 0 Å². The molecule has 0 aliphatic heterocycles. The predicted octanol–water partition coefficient (Wildman–Crippen LogP) is 2.19. The Labute approximate surface area is 151 Å². The molecule has 0 radical (unpaired) electrons. The first-order valence-corrected chi connectivity index (χ1v) is 7.64. The lowest BCUT2D eigenvalue weighted by molar-refractivity contribution is 0.307. The molecule has 22 heavy (non-hydrogen) atoms. The van der Waals surface area contributed by atoms with Crippen LogP contribution < -0.4 is 15.4 Å². The molecule has 0 bridgehead atoms. The smallest absolute Gasteiger partial charge is 0.191 e. The molecule has 0 amide bonds. The van der Waals surface area contributed by atoms with Crippen LogP contribution in [0.1, 0.15) is 13.8 Å². The van der Waals surface area contributed by atoms with Crippen LogP contribution in [-0.2, 0) is 0 Å². The van der Waals surface area contributed by atoms with Gasteiger partial charge in [0, 0.05) is 20.1 Å². The molecule has 0 saturated carbocycles. The van der Waals surface area contributed by atoms with Gasteiger partial charge in [0.25, 0.3) is 0 Å². The van der Waals surface area contributed by atoms with Crippen LogP contribution >= 0.6 is 24.0 Å². The van der Waals surface area contributed by atoms with Gasteiger partial charge in [0.15, 0.2) is 5.96 Å². The van der Waals surface area contributed by atoms with E-state index in [2.05, 4.69) is 34.4 Å². The highest BCUT2D eigenvalue weighted by molar-refractivity contribution is 14.0. The summed E-state index contributed by atoms with van der Waals surface area (Å²) in [4.78, 5) is 6.58. The van der Waals surface area contributed by atoms with Crippen molar-refractivity contribution in [1.82, 2.24) is 15.5 Å². The molecule has 1 aromatic rings. The zero-order chi connectivity index (χ0) is 15.3. The van der Waals surface area contributed by atoms with Crippen LogP contribution in [0.15, 0.2) is 35.3 Å². The number of ether oxygens (including phenoxy) is 1. The number of halogens is 1. The summed E-state index contributed by atoms with van der Waals surface area (Å²) in [5.74, 6) is 1.71. The summed E-state index contributed by atoms with van der Waals surface area (Å²) in [5.41, 5.74) is 0. The molecule has 2 N–H and O–H groups in total. The molecule has 0 atom stereocenters. The first-order valence-electron chi connectivity index (χ1n) is 7.64. The van der Waals surface area contributed by atoms with Crippen molar-refractivity contribution >= 4 is 29.9 Å². The number of guanidine groups is 1. The average molecular weight is 420 g/mol. The minimum atomic E-state index is 0. The van der Waals surface area contributed by atoms with E-state index in [9.17, 15) is 0 Å². The Morgan fingerprint density at radius 2 is 1.73 bits per heavy atom. The second-order valence-corrected chi connectivity index (χ2v) is 4.61. The monoisotopic (exact) mass is 420 g/mol. The maximum atomic E-state index is 5.62. The Hall–Kier alpha value is -1.02. The first-order chi connectivity index (χ1) is 10.3. The molecule has 0 spiro atoms. The average Bonchev–Trinajstić information content (AvgIpc) is 2.54. The number of nitrogens with one attached hydrogen (secondary N) is 2. The Balaban J connectivity index is 0.00000441. The van der Waals surface area contributed by atoms with Gasteiger partial charge in [0.05, 0.1) is 6.54 Å². The molecule has 0 heterocycles. The summed E-state index contributed by atoms with van der Waals surface area (Å²) < 4.78 is 5.62. The van der Waals surface area contributed by atoms with Gasteiger partial charge in [0.1, 0.15) is 12.4 Å². The third kappa shape index (κ3) is 9.09. The number of benzene rings is 1. The fourth-order valence-corrected chi connectivity index (χ4v) is 1.95. The van der Waals surface area contributed by atoms with Crippen molar-refractivity contribution in [2.45, 2.75) is 13.8 Å². The largest absolute Gasteiger partial charge is 0.492 e. The van der Waals surface area contributed by atoms with Gasteiger partial charge in [0.2, 0.25) is 0 Å². The molecule has 0 saturated heterocycles. The van der Waals surface area contributed by atoms with Crippen LogP contribution in [0.2, 0.25) is 0 Å². The summed E-state index contributed by atoms with van der Waals surface area (Å²) in [6, 6.07) is 9.83. The topological polar surface area (TPSA) is 48.9 Å². The van der Waals surface area contributed by atoms with E-state index in [0.717, 1.165) is 44.4 Å². The van der Waals surface area contributed by atoms with Crippen LogP contribution in [0, 0.1) is 0 Å². The normalized spacial score (nSPS) is 11.0. The van der Waals surface area contributed by atoms with Crippen molar-refractivity contribution in [3.8, 4) is 5.75 Å². The molecule has 0 aliphatic rings. The van der Waals surface area contributed by atoms with E-state index in [1.807, 2.05) is 30.3 Å². The Morgan fingerprint density at radius 1 is 1.09 bits per heavy atom. The van der Waals surface area contributed by atoms with Crippen molar-refractivity contribution in [1.29, 1.82) is 0 Å². The van der Waals surface area contributed by atoms with Crippen LogP contribution in [0.4, 0.5) is 0 Å². The highest BCUT2D eigenvalue weighted by Gasteiger charge is 2.00. The lowest BCUT2D eigenvalue weighted by Gasteiger charge is -2.19. The van der Waals surface area contributed by atoms with Crippen LogP contribution in [0.25, 0.3) is 0 Å². The van der Waals surface area contributed by atoms with Gasteiger partial charge in [-0.15, -0.1) is 24.0 Å². The van der Waals surface area contributed by atoms with Gasteiger partial charge in [-0.2, -0.15) is 0 Å². The van der Waals surface area contributed by atoms with E-state index in [4.69, 9.17) is 4.74 Å². The maximum Gasteiger partial charge on any atom is 0.191 e. The maximum absolute atomic E-state index is 5.62. The molecule has 126 valence electrons. The molecule has 1 rings (SSSR count). The fourth-order valence-electron chi connectivity index (χ4n) is 1.95. The summed E-state index contributed by atoms with van der Waals surface area (Å²) in [7, 11) is 1.78. The second-order valence-electron chi connectivity index (χ2n) is 4.61. The minimum Gasteiger partial charge on any atom is -0.492 e. The van der Waals surface area contributed by atoms with Gasteiger partial charge < -0.3 is 20.3 Å². The van der Waals surface area contributed by atoms with Gasteiger partial charge in [-0.05, 0) is 25.2 Å². The highest BCUT2D eigenvalue weighted by atomic mass is 127. The number of likely N-dealkylation sites (N-methyl/N-ethyl adjacent to an activating group) is 1. The van der Waals surface area contributed by atoms with E-state index in [0.29, 0.717) is 6.61 Å². The highest BCUT2D eigenvalue weighted by Crippen LogP contribution is 2.07. The third-order valence-electron chi connectivity index (χ3n) is 3.24. The molecule has 1 aromatic carbocycles. The zero-order valence-corrected chi connectivity index (χ0v) is 16.2. The molecule has 0 fully saturated rings. The van der Waals surface area contributed by atoms with E-state index in [1.165, 1.54) is 0 Å². The molecular formula is C16H29IN4O. The molecule has 0 unspecified atom stereocenters. The first kappa shape index (κ1) is 21.0. The predicted molar refractivity (Wildman–Crippen MR) is 105 cm³/mol.